The first kappa shape index (κ1) is 17.6. The number of hydrogen-bond donors (Lipinski definition) is 1. The zero-order valence-corrected chi connectivity index (χ0v) is 15.0. The van der Waals surface area contributed by atoms with Gasteiger partial charge in [-0.3, -0.25) is 9.59 Å². The number of carboxylic acids is 1. The fraction of sp³-hybridized carbons (Fsp3) is 0.471. The van der Waals surface area contributed by atoms with E-state index in [0.717, 1.165) is 5.16 Å². The van der Waals surface area contributed by atoms with Crippen molar-refractivity contribution >= 4 is 23.6 Å². The smallest absolute Gasteiger partial charge is 0.308 e. The van der Waals surface area contributed by atoms with Crippen LogP contribution in [-0.4, -0.2) is 44.5 Å². The zero-order valence-electron chi connectivity index (χ0n) is 14.2. The minimum Gasteiger partial charge on any atom is -0.481 e. The van der Waals surface area contributed by atoms with E-state index in [4.69, 9.17) is 4.42 Å². The Morgan fingerprint density at radius 1 is 1.40 bits per heavy atom. The first-order chi connectivity index (χ1) is 11.9. The fourth-order valence-electron chi connectivity index (χ4n) is 3.05. The number of carboxylic acid groups (broad SMARTS) is 1. The van der Waals surface area contributed by atoms with E-state index in [1.807, 2.05) is 24.7 Å². The Labute approximate surface area is 150 Å². The number of aliphatic carboxylic acids is 1. The van der Waals surface area contributed by atoms with Gasteiger partial charge >= 0.3 is 5.97 Å². The minimum absolute atomic E-state index is 0.159. The van der Waals surface area contributed by atoms with Gasteiger partial charge in [0.2, 0.25) is 0 Å². The lowest BCUT2D eigenvalue weighted by Gasteiger charge is -2.34. The summed E-state index contributed by atoms with van der Waals surface area (Å²) in [7, 11) is 1.92. The normalized spacial score (nSPS) is 20.6. The van der Waals surface area contributed by atoms with E-state index in [1.165, 1.54) is 11.8 Å². The first-order valence-electron chi connectivity index (χ1n) is 8.15. The summed E-state index contributed by atoms with van der Waals surface area (Å²) in [6.07, 6.45) is 4.20. The Morgan fingerprint density at radius 2 is 2.20 bits per heavy atom. The molecule has 1 saturated heterocycles. The number of carbonyl (C=O) groups excluding carboxylic acids is 1. The van der Waals surface area contributed by atoms with Gasteiger partial charge in [-0.25, -0.2) is 4.98 Å². The summed E-state index contributed by atoms with van der Waals surface area (Å²) >= 11 is 1.53. The number of carbonyl (C=O) groups is 2. The lowest BCUT2D eigenvalue weighted by Crippen LogP contribution is -2.45. The number of nitrogens with zero attached hydrogens (tertiary/aromatic N) is 3. The molecule has 2 aromatic heterocycles. The molecule has 0 spiro atoms. The minimum atomic E-state index is -0.851. The van der Waals surface area contributed by atoms with Crippen LogP contribution in [0, 0.1) is 11.8 Å². The molecule has 7 nitrogen and oxygen atoms in total. The van der Waals surface area contributed by atoms with Crippen LogP contribution < -0.4 is 0 Å². The Morgan fingerprint density at radius 3 is 2.88 bits per heavy atom. The second-order valence-electron chi connectivity index (χ2n) is 6.46. The van der Waals surface area contributed by atoms with Gasteiger partial charge in [-0.1, -0.05) is 18.7 Å². The molecule has 2 aromatic rings. The third-order valence-corrected chi connectivity index (χ3v) is 5.37. The lowest BCUT2D eigenvalue weighted by atomic mass is 9.90. The third-order valence-electron chi connectivity index (χ3n) is 4.29. The van der Waals surface area contributed by atoms with Crippen LogP contribution in [0.15, 0.2) is 34.1 Å². The number of thioether (sulfide) groups is 1. The predicted octanol–water partition coefficient (Wildman–Crippen LogP) is 2.49. The number of piperidine rings is 1. The molecule has 2 atom stereocenters. The van der Waals surface area contributed by atoms with Crippen molar-refractivity contribution in [1.82, 2.24) is 14.5 Å². The molecule has 2 unspecified atom stereocenters. The van der Waals surface area contributed by atoms with Crippen molar-refractivity contribution in [1.29, 1.82) is 0 Å². The molecule has 25 heavy (non-hydrogen) atoms. The first-order valence-corrected chi connectivity index (χ1v) is 9.13. The average Bonchev–Trinajstić information content (AvgIpc) is 3.20. The number of rotatable bonds is 5. The second kappa shape index (κ2) is 7.35. The summed E-state index contributed by atoms with van der Waals surface area (Å²) in [6.45, 7) is 2.75. The van der Waals surface area contributed by atoms with Crippen molar-refractivity contribution in [2.45, 2.75) is 24.3 Å². The lowest BCUT2D eigenvalue weighted by molar-refractivity contribution is -0.143. The molecule has 1 aliphatic rings. The van der Waals surface area contributed by atoms with Crippen LogP contribution >= 0.6 is 11.8 Å². The van der Waals surface area contributed by atoms with Gasteiger partial charge in [0.15, 0.2) is 10.9 Å². The van der Waals surface area contributed by atoms with E-state index < -0.39 is 11.9 Å². The Hall–Kier alpha value is -2.22. The van der Waals surface area contributed by atoms with Crippen LogP contribution in [0.5, 0.6) is 0 Å². The van der Waals surface area contributed by atoms with E-state index in [2.05, 4.69) is 4.98 Å². The van der Waals surface area contributed by atoms with Crippen molar-refractivity contribution < 1.29 is 19.1 Å². The van der Waals surface area contributed by atoms with Gasteiger partial charge in [0.05, 0.1) is 11.7 Å². The summed E-state index contributed by atoms with van der Waals surface area (Å²) in [5, 5.41) is 10.1. The van der Waals surface area contributed by atoms with E-state index in [0.29, 0.717) is 24.5 Å². The maximum Gasteiger partial charge on any atom is 0.308 e. The summed E-state index contributed by atoms with van der Waals surface area (Å²) in [5.41, 5.74) is 0. The van der Waals surface area contributed by atoms with E-state index in [-0.39, 0.29) is 24.1 Å². The van der Waals surface area contributed by atoms with Crippen LogP contribution in [0.1, 0.15) is 29.7 Å². The molecule has 1 fully saturated rings. The molecular formula is C17H21N3O4S. The van der Waals surface area contributed by atoms with Gasteiger partial charge in [-0.05, 0) is 24.5 Å². The quantitative estimate of drug-likeness (QED) is 0.821. The fourth-order valence-corrected chi connectivity index (χ4v) is 3.88. The Kier molecular flexibility index (Phi) is 5.17. The molecule has 0 bridgehead atoms. The maximum absolute atomic E-state index is 12.6. The molecule has 1 amide bonds. The maximum atomic E-state index is 12.6. The SMILES string of the molecule is CC1CC(C(=O)O)CN(C(=O)c2ccc(CSc3nccn3C)o2)C1. The number of aryl methyl sites for hydroxylation is 1. The molecule has 0 aliphatic carbocycles. The van der Waals surface area contributed by atoms with Gasteiger partial charge in [-0.2, -0.15) is 0 Å². The highest BCUT2D eigenvalue weighted by atomic mass is 32.2. The zero-order chi connectivity index (χ0) is 18.0. The van der Waals surface area contributed by atoms with Gasteiger partial charge < -0.3 is 19.0 Å². The van der Waals surface area contributed by atoms with E-state index >= 15 is 0 Å². The highest BCUT2D eigenvalue weighted by Crippen LogP contribution is 2.25. The van der Waals surface area contributed by atoms with Crippen LogP contribution in [0.4, 0.5) is 0 Å². The van der Waals surface area contributed by atoms with Crippen molar-refractivity contribution in [2.75, 3.05) is 13.1 Å². The van der Waals surface area contributed by atoms with Gasteiger partial charge in [0.25, 0.3) is 5.91 Å². The van der Waals surface area contributed by atoms with Gasteiger partial charge in [0.1, 0.15) is 5.76 Å². The highest BCUT2D eigenvalue weighted by Gasteiger charge is 2.33. The van der Waals surface area contributed by atoms with Crippen LogP contribution in [0.2, 0.25) is 0 Å². The number of amides is 1. The third kappa shape index (κ3) is 4.07. The second-order valence-corrected chi connectivity index (χ2v) is 7.40. The molecule has 0 radical (unpaired) electrons. The largest absolute Gasteiger partial charge is 0.481 e. The van der Waals surface area contributed by atoms with Crippen LogP contribution in [-0.2, 0) is 17.6 Å². The van der Waals surface area contributed by atoms with Gasteiger partial charge in [-0.15, -0.1) is 0 Å². The summed E-state index contributed by atoms with van der Waals surface area (Å²) in [5.74, 6) is 0.0758. The molecule has 1 aliphatic heterocycles. The number of imidazole rings is 1. The topological polar surface area (TPSA) is 88.6 Å². The molecule has 0 aromatic carbocycles. The van der Waals surface area contributed by atoms with Crippen molar-refractivity contribution in [3.63, 3.8) is 0 Å². The molecule has 134 valence electrons. The van der Waals surface area contributed by atoms with Crippen molar-refractivity contribution in [3.05, 3.63) is 36.0 Å². The standard InChI is InChI=1S/C17H21N3O4S/c1-11-7-12(16(22)23)9-20(8-11)15(21)14-4-3-13(24-14)10-25-17-18-5-6-19(17)2/h3-6,11-12H,7-10H2,1-2H3,(H,22,23). The predicted molar refractivity (Wildman–Crippen MR) is 92.3 cm³/mol. The number of furan rings is 1. The number of likely N-dealkylation sites (tertiary alicyclic amines) is 1. The summed E-state index contributed by atoms with van der Waals surface area (Å²) in [4.78, 5) is 29.7. The molecule has 8 heteroatoms. The molecule has 3 rings (SSSR count). The Balaban J connectivity index is 1.64. The molecule has 0 saturated carbocycles. The summed E-state index contributed by atoms with van der Waals surface area (Å²) < 4.78 is 7.59. The molecule has 3 heterocycles. The van der Waals surface area contributed by atoms with Crippen molar-refractivity contribution in [3.8, 4) is 0 Å². The number of hydrogen-bond acceptors (Lipinski definition) is 5. The van der Waals surface area contributed by atoms with Crippen LogP contribution in [0.25, 0.3) is 0 Å². The van der Waals surface area contributed by atoms with Gasteiger partial charge in [0, 0.05) is 32.5 Å². The van der Waals surface area contributed by atoms with E-state index in [9.17, 15) is 14.7 Å². The monoisotopic (exact) mass is 363 g/mol. The van der Waals surface area contributed by atoms with Crippen molar-refractivity contribution in [2.24, 2.45) is 18.9 Å². The van der Waals surface area contributed by atoms with Crippen LogP contribution in [0.3, 0.4) is 0 Å². The highest BCUT2D eigenvalue weighted by molar-refractivity contribution is 7.98. The number of aromatic nitrogens is 2. The molecule has 1 N–H and O–H groups in total. The Bertz CT molecular complexity index is 770. The average molecular weight is 363 g/mol. The molecular weight excluding hydrogens is 342 g/mol. The van der Waals surface area contributed by atoms with E-state index in [1.54, 1.807) is 23.2 Å². The summed E-state index contributed by atoms with van der Waals surface area (Å²) in [6, 6.07) is 3.44.